The summed E-state index contributed by atoms with van der Waals surface area (Å²) in [5, 5.41) is 2.79. The molecule has 2 aliphatic rings. The van der Waals surface area contributed by atoms with Crippen LogP contribution in [0.3, 0.4) is 0 Å². The smallest absolute Gasteiger partial charge is 0.263 e. The highest BCUT2D eigenvalue weighted by Crippen LogP contribution is 2.38. The average molecular weight is 218 g/mol. The van der Waals surface area contributed by atoms with Crippen LogP contribution in [0.25, 0.3) is 0 Å². The van der Waals surface area contributed by atoms with Gasteiger partial charge in [-0.05, 0) is 45.3 Å². The van der Waals surface area contributed by atoms with E-state index in [9.17, 15) is 8.78 Å². The third-order valence-electron chi connectivity index (χ3n) is 3.77. The van der Waals surface area contributed by atoms with Gasteiger partial charge in [0.2, 0.25) is 0 Å². The summed E-state index contributed by atoms with van der Waals surface area (Å²) in [5.74, 6) is -2.71. The van der Waals surface area contributed by atoms with Crippen LogP contribution in [-0.4, -0.2) is 44.0 Å². The van der Waals surface area contributed by atoms with Gasteiger partial charge in [-0.3, -0.25) is 0 Å². The van der Waals surface area contributed by atoms with Gasteiger partial charge in [0.25, 0.3) is 5.92 Å². The van der Waals surface area contributed by atoms with E-state index in [1.807, 2.05) is 7.05 Å². The fraction of sp³-hybridized carbons (Fsp3) is 1.00. The topological polar surface area (TPSA) is 15.3 Å². The lowest BCUT2D eigenvalue weighted by Crippen LogP contribution is -2.51. The fourth-order valence-corrected chi connectivity index (χ4v) is 2.97. The minimum atomic E-state index is -2.50. The van der Waals surface area contributed by atoms with Gasteiger partial charge < -0.3 is 10.2 Å². The SMILES string of the molecule is CN1CCCC(C2CCNCC2(F)F)C1. The van der Waals surface area contributed by atoms with Gasteiger partial charge in [0, 0.05) is 12.5 Å². The first-order valence-corrected chi connectivity index (χ1v) is 5.87. The summed E-state index contributed by atoms with van der Waals surface area (Å²) in [6.07, 6.45) is 2.68. The first kappa shape index (κ1) is 11.3. The number of piperidine rings is 2. The zero-order chi connectivity index (χ0) is 10.9. The zero-order valence-corrected chi connectivity index (χ0v) is 9.31. The predicted molar refractivity (Wildman–Crippen MR) is 56.1 cm³/mol. The average Bonchev–Trinajstić information content (AvgIpc) is 2.17. The first-order chi connectivity index (χ1) is 7.09. The Morgan fingerprint density at radius 1 is 1.33 bits per heavy atom. The number of hydrogen-bond donors (Lipinski definition) is 1. The molecular formula is C11H20F2N2. The molecule has 0 aromatic heterocycles. The molecule has 88 valence electrons. The number of halogens is 2. The molecular weight excluding hydrogens is 198 g/mol. The van der Waals surface area contributed by atoms with E-state index < -0.39 is 11.8 Å². The Balaban J connectivity index is 2.01. The zero-order valence-electron chi connectivity index (χ0n) is 9.31. The molecule has 0 aromatic rings. The van der Waals surface area contributed by atoms with Crippen molar-refractivity contribution in [3.8, 4) is 0 Å². The van der Waals surface area contributed by atoms with Gasteiger partial charge in [-0.2, -0.15) is 0 Å². The molecule has 0 saturated carbocycles. The highest BCUT2D eigenvalue weighted by Gasteiger charge is 2.46. The van der Waals surface area contributed by atoms with Gasteiger partial charge in [0.15, 0.2) is 0 Å². The minimum absolute atomic E-state index is 0.127. The van der Waals surface area contributed by atoms with Crippen LogP contribution in [0.15, 0.2) is 0 Å². The van der Waals surface area contributed by atoms with Crippen molar-refractivity contribution in [3.05, 3.63) is 0 Å². The Labute approximate surface area is 90.0 Å². The van der Waals surface area contributed by atoms with E-state index in [4.69, 9.17) is 0 Å². The monoisotopic (exact) mass is 218 g/mol. The number of nitrogens with one attached hydrogen (secondary N) is 1. The highest BCUT2D eigenvalue weighted by molar-refractivity contribution is 4.90. The molecule has 0 aromatic carbocycles. The van der Waals surface area contributed by atoms with Crippen molar-refractivity contribution in [2.75, 3.05) is 33.2 Å². The van der Waals surface area contributed by atoms with E-state index in [0.29, 0.717) is 6.42 Å². The molecule has 0 spiro atoms. The normalized spacial score (nSPS) is 37.8. The van der Waals surface area contributed by atoms with Gasteiger partial charge in [-0.25, -0.2) is 8.78 Å². The summed E-state index contributed by atoms with van der Waals surface area (Å²) in [6, 6.07) is 0. The molecule has 15 heavy (non-hydrogen) atoms. The third-order valence-corrected chi connectivity index (χ3v) is 3.77. The summed E-state index contributed by atoms with van der Waals surface area (Å²) < 4.78 is 27.4. The van der Waals surface area contributed by atoms with Crippen molar-refractivity contribution in [1.82, 2.24) is 10.2 Å². The Kier molecular flexibility index (Phi) is 3.26. The lowest BCUT2D eigenvalue weighted by atomic mass is 9.78. The van der Waals surface area contributed by atoms with E-state index >= 15 is 0 Å². The Morgan fingerprint density at radius 2 is 2.13 bits per heavy atom. The van der Waals surface area contributed by atoms with Crippen LogP contribution < -0.4 is 5.32 Å². The quantitative estimate of drug-likeness (QED) is 0.718. The number of hydrogen-bond acceptors (Lipinski definition) is 2. The maximum atomic E-state index is 13.7. The van der Waals surface area contributed by atoms with E-state index in [1.54, 1.807) is 0 Å². The van der Waals surface area contributed by atoms with Crippen molar-refractivity contribution in [1.29, 1.82) is 0 Å². The van der Waals surface area contributed by atoms with E-state index in [2.05, 4.69) is 10.2 Å². The maximum Gasteiger partial charge on any atom is 0.263 e. The summed E-state index contributed by atoms with van der Waals surface area (Å²) >= 11 is 0. The highest BCUT2D eigenvalue weighted by atomic mass is 19.3. The molecule has 2 aliphatic heterocycles. The van der Waals surface area contributed by atoms with Crippen molar-refractivity contribution >= 4 is 0 Å². The van der Waals surface area contributed by atoms with Crippen LogP contribution in [0.4, 0.5) is 8.78 Å². The van der Waals surface area contributed by atoms with Crippen LogP contribution in [0.2, 0.25) is 0 Å². The van der Waals surface area contributed by atoms with Crippen molar-refractivity contribution in [2.24, 2.45) is 11.8 Å². The summed E-state index contributed by atoms with van der Waals surface area (Å²) in [7, 11) is 2.03. The van der Waals surface area contributed by atoms with Gasteiger partial charge >= 0.3 is 0 Å². The summed E-state index contributed by atoms with van der Waals surface area (Å²) in [5.41, 5.74) is 0. The number of alkyl halides is 2. The lowest BCUT2D eigenvalue weighted by Gasteiger charge is -2.41. The number of nitrogens with zero attached hydrogens (tertiary/aromatic N) is 1. The van der Waals surface area contributed by atoms with Crippen LogP contribution in [0, 0.1) is 11.8 Å². The molecule has 0 radical (unpaired) electrons. The molecule has 0 aliphatic carbocycles. The van der Waals surface area contributed by atoms with Crippen molar-refractivity contribution in [2.45, 2.75) is 25.2 Å². The fourth-order valence-electron chi connectivity index (χ4n) is 2.97. The van der Waals surface area contributed by atoms with Crippen LogP contribution in [0.1, 0.15) is 19.3 Å². The molecule has 2 heterocycles. The maximum absolute atomic E-state index is 13.7. The Morgan fingerprint density at radius 3 is 2.80 bits per heavy atom. The molecule has 2 nitrogen and oxygen atoms in total. The van der Waals surface area contributed by atoms with E-state index in [0.717, 1.165) is 32.5 Å². The van der Waals surface area contributed by atoms with Gasteiger partial charge in [0.1, 0.15) is 0 Å². The van der Waals surface area contributed by atoms with Crippen molar-refractivity contribution in [3.63, 3.8) is 0 Å². The second-order valence-electron chi connectivity index (χ2n) is 5.00. The van der Waals surface area contributed by atoms with Crippen LogP contribution in [-0.2, 0) is 0 Å². The minimum Gasteiger partial charge on any atom is -0.311 e. The number of likely N-dealkylation sites (tertiary alicyclic amines) is 1. The van der Waals surface area contributed by atoms with Crippen LogP contribution >= 0.6 is 0 Å². The molecule has 2 unspecified atom stereocenters. The molecule has 2 fully saturated rings. The number of rotatable bonds is 1. The van der Waals surface area contributed by atoms with Crippen molar-refractivity contribution < 1.29 is 8.78 Å². The third kappa shape index (κ3) is 2.48. The van der Waals surface area contributed by atoms with E-state index in [1.165, 1.54) is 0 Å². The largest absolute Gasteiger partial charge is 0.311 e. The standard InChI is InChI=1S/C11H20F2N2/c1-15-6-2-3-9(7-15)10-4-5-14-8-11(10,12)13/h9-10,14H,2-8H2,1H3. The molecule has 2 atom stereocenters. The Hall–Kier alpha value is -0.220. The lowest BCUT2D eigenvalue weighted by molar-refractivity contribution is -0.103. The van der Waals surface area contributed by atoms with Gasteiger partial charge in [0.05, 0.1) is 6.54 Å². The van der Waals surface area contributed by atoms with Gasteiger partial charge in [-0.15, -0.1) is 0 Å². The van der Waals surface area contributed by atoms with Gasteiger partial charge in [-0.1, -0.05) is 0 Å². The second-order valence-corrected chi connectivity index (χ2v) is 5.00. The van der Waals surface area contributed by atoms with Crippen LogP contribution in [0.5, 0.6) is 0 Å². The predicted octanol–water partition coefficient (Wildman–Crippen LogP) is 1.57. The molecule has 2 saturated heterocycles. The molecule has 2 rings (SSSR count). The molecule has 4 heteroatoms. The molecule has 0 amide bonds. The molecule has 1 N–H and O–H groups in total. The molecule has 0 bridgehead atoms. The second kappa shape index (κ2) is 4.34. The summed E-state index contributed by atoms with van der Waals surface area (Å²) in [4.78, 5) is 2.19. The van der Waals surface area contributed by atoms with E-state index in [-0.39, 0.29) is 12.5 Å². The first-order valence-electron chi connectivity index (χ1n) is 5.87. The summed E-state index contributed by atoms with van der Waals surface area (Å²) in [6.45, 7) is 2.53. The Bertz CT molecular complexity index is 221.